The van der Waals surface area contributed by atoms with Crippen molar-refractivity contribution in [2.24, 2.45) is 7.05 Å². The van der Waals surface area contributed by atoms with Crippen molar-refractivity contribution in [1.29, 1.82) is 0 Å². The number of aromatic amines is 1. The first-order valence-corrected chi connectivity index (χ1v) is 8.31. The molecule has 3 heterocycles. The van der Waals surface area contributed by atoms with Crippen LogP contribution in [0.15, 0.2) is 15.7 Å². The number of hydrogen-bond donors (Lipinski definition) is 1. The summed E-state index contributed by atoms with van der Waals surface area (Å²) >= 11 is 0. The molecular weight excluding hydrogens is 342 g/mol. The molecule has 0 bridgehead atoms. The Hall–Kier alpha value is -3.24. The van der Waals surface area contributed by atoms with E-state index in [0.717, 1.165) is 0 Å². The van der Waals surface area contributed by atoms with E-state index >= 15 is 0 Å². The van der Waals surface area contributed by atoms with Crippen LogP contribution in [0.4, 0.5) is 5.82 Å². The van der Waals surface area contributed by atoms with Crippen LogP contribution in [-0.4, -0.2) is 33.8 Å². The smallest absolute Gasteiger partial charge is 0.358 e. The van der Waals surface area contributed by atoms with E-state index in [4.69, 9.17) is 0 Å². The van der Waals surface area contributed by atoms with E-state index in [-0.39, 0.29) is 22.8 Å². The molecule has 0 unspecified atom stereocenters. The third-order valence-corrected chi connectivity index (χ3v) is 4.05. The highest BCUT2D eigenvalue weighted by Crippen LogP contribution is 2.22. The summed E-state index contributed by atoms with van der Waals surface area (Å²) in [5, 5.41) is 14.7. The van der Waals surface area contributed by atoms with Gasteiger partial charge in [-0.05, 0) is 17.8 Å². The summed E-state index contributed by atoms with van der Waals surface area (Å²) in [7, 11) is 1.55. The Morgan fingerprint density at radius 2 is 1.85 bits per heavy atom. The molecule has 11 nitrogen and oxygen atoms in total. The number of hydrogen-bond acceptors (Lipinski definition) is 6. The maximum atomic E-state index is 12.7. The number of imidazole rings is 1. The topological polar surface area (TPSA) is 134 Å². The SMILES string of the molecule is CCCn1c(=O)c2[nH]c(-c3cc([N+](=O)[O-])nn3C)nc2n(CCC)c1=O. The normalized spacial score (nSPS) is 11.3. The fourth-order valence-corrected chi connectivity index (χ4v) is 2.90. The number of nitrogens with zero attached hydrogens (tertiary/aromatic N) is 6. The Kier molecular flexibility index (Phi) is 4.45. The maximum absolute atomic E-state index is 12.7. The van der Waals surface area contributed by atoms with Crippen LogP contribution < -0.4 is 11.2 Å². The molecule has 0 atom stereocenters. The second-order valence-corrected chi connectivity index (χ2v) is 5.94. The van der Waals surface area contributed by atoms with Crippen LogP contribution in [0.5, 0.6) is 0 Å². The Morgan fingerprint density at radius 3 is 2.42 bits per heavy atom. The fraction of sp³-hybridized carbons (Fsp3) is 0.467. The Bertz CT molecular complexity index is 1100. The van der Waals surface area contributed by atoms with Gasteiger partial charge in [-0.1, -0.05) is 13.8 Å². The molecule has 0 aliphatic heterocycles. The van der Waals surface area contributed by atoms with E-state index in [1.54, 1.807) is 7.05 Å². The lowest BCUT2D eigenvalue weighted by molar-refractivity contribution is -0.389. The Balaban J connectivity index is 2.30. The monoisotopic (exact) mass is 361 g/mol. The molecule has 3 aromatic heterocycles. The molecule has 26 heavy (non-hydrogen) atoms. The molecule has 0 saturated heterocycles. The van der Waals surface area contributed by atoms with Gasteiger partial charge < -0.3 is 15.1 Å². The Morgan fingerprint density at radius 1 is 1.19 bits per heavy atom. The summed E-state index contributed by atoms with van der Waals surface area (Å²) in [6.07, 6.45) is 1.33. The molecule has 1 N–H and O–H groups in total. The highest BCUT2D eigenvalue weighted by molar-refractivity contribution is 5.75. The minimum Gasteiger partial charge on any atom is -0.358 e. The summed E-state index contributed by atoms with van der Waals surface area (Å²) in [4.78, 5) is 42.9. The van der Waals surface area contributed by atoms with E-state index in [0.29, 0.717) is 31.6 Å². The van der Waals surface area contributed by atoms with E-state index in [9.17, 15) is 19.7 Å². The summed E-state index contributed by atoms with van der Waals surface area (Å²) in [5.41, 5.74) is -0.0573. The number of nitrogens with one attached hydrogen (secondary N) is 1. The number of rotatable bonds is 6. The van der Waals surface area contributed by atoms with Gasteiger partial charge in [-0.3, -0.25) is 13.9 Å². The molecule has 0 spiro atoms. The number of nitro groups is 1. The number of aromatic nitrogens is 6. The lowest BCUT2D eigenvalue weighted by atomic mass is 10.4. The van der Waals surface area contributed by atoms with E-state index in [2.05, 4.69) is 15.1 Å². The quantitative estimate of drug-likeness (QED) is 0.514. The van der Waals surface area contributed by atoms with Crippen molar-refractivity contribution in [3.05, 3.63) is 37.0 Å². The van der Waals surface area contributed by atoms with Crippen molar-refractivity contribution >= 4 is 17.0 Å². The number of H-pyrrole nitrogens is 1. The number of aryl methyl sites for hydroxylation is 2. The first-order chi connectivity index (χ1) is 12.4. The van der Waals surface area contributed by atoms with Crippen molar-refractivity contribution in [2.75, 3.05) is 0 Å². The van der Waals surface area contributed by atoms with Gasteiger partial charge >= 0.3 is 11.5 Å². The van der Waals surface area contributed by atoms with E-state index < -0.39 is 16.2 Å². The molecule has 0 aromatic carbocycles. The average Bonchev–Trinajstić information content (AvgIpc) is 3.19. The van der Waals surface area contributed by atoms with Gasteiger partial charge in [0.15, 0.2) is 11.5 Å². The third kappa shape index (κ3) is 2.70. The molecule has 11 heteroatoms. The van der Waals surface area contributed by atoms with Crippen molar-refractivity contribution in [3.63, 3.8) is 0 Å². The fourth-order valence-electron chi connectivity index (χ4n) is 2.90. The van der Waals surface area contributed by atoms with Gasteiger partial charge in [-0.25, -0.2) is 9.78 Å². The average molecular weight is 361 g/mol. The molecule has 0 amide bonds. The first-order valence-electron chi connectivity index (χ1n) is 8.31. The zero-order valence-electron chi connectivity index (χ0n) is 14.7. The van der Waals surface area contributed by atoms with E-state index in [1.165, 1.54) is 19.9 Å². The second kappa shape index (κ2) is 6.58. The molecule has 3 aromatic rings. The molecule has 0 aliphatic rings. The van der Waals surface area contributed by atoms with Crippen LogP contribution in [0.2, 0.25) is 0 Å². The molecule has 0 saturated carbocycles. The molecule has 0 radical (unpaired) electrons. The summed E-state index contributed by atoms with van der Waals surface area (Å²) in [5.74, 6) is -0.0731. The summed E-state index contributed by atoms with van der Waals surface area (Å²) < 4.78 is 3.95. The van der Waals surface area contributed by atoms with Crippen LogP contribution in [0.3, 0.4) is 0 Å². The van der Waals surface area contributed by atoms with Gasteiger partial charge in [0.05, 0.1) is 18.2 Å². The molecule has 0 fully saturated rings. The van der Waals surface area contributed by atoms with Gasteiger partial charge in [-0.2, -0.15) is 4.68 Å². The summed E-state index contributed by atoms with van der Waals surface area (Å²) in [6, 6.07) is 1.27. The first kappa shape index (κ1) is 17.6. The Labute approximate surface area is 147 Å². The second-order valence-electron chi connectivity index (χ2n) is 5.94. The standard InChI is InChI=1S/C15H19N7O4/c1-4-6-20-13-11(14(23)21(7-5-2)15(20)24)16-12(17-13)9-8-10(22(25)26)18-19(9)3/h8H,4-7H2,1-3H3,(H,16,17). The molecular formula is C15H19N7O4. The van der Waals surface area contributed by atoms with Crippen LogP contribution in [0.25, 0.3) is 22.7 Å². The predicted octanol–water partition coefficient (Wildman–Crippen LogP) is 1.01. The predicted molar refractivity (Wildman–Crippen MR) is 94.1 cm³/mol. The van der Waals surface area contributed by atoms with Crippen molar-refractivity contribution in [3.8, 4) is 11.5 Å². The van der Waals surface area contributed by atoms with Crippen molar-refractivity contribution < 1.29 is 4.92 Å². The summed E-state index contributed by atoms with van der Waals surface area (Å²) in [6.45, 7) is 4.52. The van der Waals surface area contributed by atoms with Gasteiger partial charge in [0.25, 0.3) is 5.56 Å². The lowest BCUT2D eigenvalue weighted by Gasteiger charge is -2.09. The zero-order chi connectivity index (χ0) is 19.0. The van der Waals surface area contributed by atoms with Gasteiger partial charge in [0.1, 0.15) is 11.2 Å². The third-order valence-electron chi connectivity index (χ3n) is 4.05. The molecule has 138 valence electrons. The molecule has 3 rings (SSSR count). The van der Waals surface area contributed by atoms with Crippen LogP contribution in [0.1, 0.15) is 26.7 Å². The molecule has 0 aliphatic carbocycles. The van der Waals surface area contributed by atoms with Crippen LogP contribution in [-0.2, 0) is 20.1 Å². The zero-order valence-corrected chi connectivity index (χ0v) is 14.7. The largest absolute Gasteiger partial charge is 0.390 e. The lowest BCUT2D eigenvalue weighted by Crippen LogP contribution is -2.40. The van der Waals surface area contributed by atoms with Crippen LogP contribution in [0, 0.1) is 10.1 Å². The minimum atomic E-state index is -0.604. The van der Waals surface area contributed by atoms with Crippen molar-refractivity contribution in [1.82, 2.24) is 28.9 Å². The van der Waals surface area contributed by atoms with Crippen LogP contribution >= 0.6 is 0 Å². The highest BCUT2D eigenvalue weighted by Gasteiger charge is 2.22. The van der Waals surface area contributed by atoms with Gasteiger partial charge in [-0.15, -0.1) is 0 Å². The van der Waals surface area contributed by atoms with E-state index in [1.807, 2.05) is 13.8 Å². The van der Waals surface area contributed by atoms with Crippen molar-refractivity contribution in [2.45, 2.75) is 39.8 Å². The minimum absolute atomic E-state index is 0.199. The maximum Gasteiger partial charge on any atom is 0.390 e. The van der Waals surface area contributed by atoms with Gasteiger partial charge in [0, 0.05) is 13.1 Å². The highest BCUT2D eigenvalue weighted by atomic mass is 16.6. The number of fused-ring (bicyclic) bond motifs is 1. The van der Waals surface area contributed by atoms with Gasteiger partial charge in [0.2, 0.25) is 0 Å².